The number of benzene rings is 1. The summed E-state index contributed by atoms with van der Waals surface area (Å²) in [4.78, 5) is 47.1. The Hall–Kier alpha value is -2.68. The lowest BCUT2D eigenvalue weighted by Gasteiger charge is -2.23. The molecule has 0 aliphatic heterocycles. The highest BCUT2D eigenvalue weighted by Gasteiger charge is 2.31. The minimum Gasteiger partial charge on any atom is -0.451 e. The second-order valence-electron chi connectivity index (χ2n) is 6.98. The van der Waals surface area contributed by atoms with Crippen molar-refractivity contribution < 1.29 is 24.0 Å². The number of rotatable bonds is 8. The molecule has 0 aromatic heterocycles. The highest BCUT2D eigenvalue weighted by atomic mass is 35.5. The van der Waals surface area contributed by atoms with Gasteiger partial charge in [0, 0.05) is 17.7 Å². The predicted molar refractivity (Wildman–Crippen MR) is 101 cm³/mol. The number of esters is 1. The van der Waals surface area contributed by atoms with Crippen LogP contribution in [0.3, 0.4) is 0 Å². The van der Waals surface area contributed by atoms with E-state index in [1.54, 1.807) is 13.8 Å². The molecule has 10 heteroatoms. The Balaban J connectivity index is 2.05. The van der Waals surface area contributed by atoms with Crippen LogP contribution in [-0.4, -0.2) is 40.9 Å². The Bertz CT molecular complexity index is 794. The first-order valence-corrected chi connectivity index (χ1v) is 9.23. The lowest BCUT2D eigenvalue weighted by molar-refractivity contribution is -0.384. The summed E-state index contributed by atoms with van der Waals surface area (Å²) in [6.07, 6.45) is 0.817. The highest BCUT2D eigenvalue weighted by Crippen LogP contribution is 2.25. The lowest BCUT2D eigenvalue weighted by Crippen LogP contribution is -2.47. The van der Waals surface area contributed by atoms with E-state index in [1.807, 2.05) is 0 Å². The van der Waals surface area contributed by atoms with Crippen molar-refractivity contribution in [3.05, 3.63) is 38.9 Å². The molecule has 2 amide bonds. The molecule has 1 aliphatic rings. The number of carbonyl (C=O) groups is 3. The van der Waals surface area contributed by atoms with Crippen molar-refractivity contribution in [1.29, 1.82) is 0 Å². The van der Waals surface area contributed by atoms with Crippen LogP contribution in [-0.2, 0) is 14.3 Å². The molecule has 2 rings (SSSR count). The van der Waals surface area contributed by atoms with Crippen LogP contribution in [0.5, 0.6) is 0 Å². The molecule has 152 valence electrons. The Morgan fingerprint density at radius 3 is 2.43 bits per heavy atom. The van der Waals surface area contributed by atoms with Gasteiger partial charge in [-0.25, -0.2) is 4.79 Å². The van der Waals surface area contributed by atoms with E-state index in [0.29, 0.717) is 0 Å². The van der Waals surface area contributed by atoms with Gasteiger partial charge in [-0.05, 0) is 37.8 Å². The Morgan fingerprint density at radius 1 is 1.25 bits per heavy atom. The molecular formula is C18H22ClN3O6. The normalized spacial score (nSPS) is 15.5. The standard InChI is InChI=1S/C18H22ClN3O6/c1-9(2)15(18(25)28-10(3)16(23)20-12-5-6-12)21-17(24)11-4-7-13(19)14(8-11)22(26)27/h4,7-10,12,15H,5-6H2,1-3H3,(H,20,23)(H,21,24)/t10-,15-/m0/s1. The number of ether oxygens (including phenoxy) is 1. The van der Waals surface area contributed by atoms with E-state index in [1.165, 1.54) is 19.1 Å². The van der Waals surface area contributed by atoms with Crippen molar-refractivity contribution >= 4 is 35.1 Å². The van der Waals surface area contributed by atoms with E-state index >= 15 is 0 Å². The number of amides is 2. The minimum absolute atomic E-state index is 0.0194. The summed E-state index contributed by atoms with van der Waals surface area (Å²) < 4.78 is 5.19. The largest absolute Gasteiger partial charge is 0.451 e. The first-order chi connectivity index (χ1) is 13.1. The Kier molecular flexibility index (Phi) is 6.95. The van der Waals surface area contributed by atoms with Crippen molar-refractivity contribution in [3.63, 3.8) is 0 Å². The molecule has 0 bridgehead atoms. The third-order valence-corrected chi connectivity index (χ3v) is 4.52. The maximum atomic E-state index is 12.5. The quantitative estimate of drug-likeness (QED) is 0.383. The molecule has 1 saturated carbocycles. The summed E-state index contributed by atoms with van der Waals surface area (Å²) in [6, 6.07) is 2.70. The monoisotopic (exact) mass is 411 g/mol. The summed E-state index contributed by atoms with van der Waals surface area (Å²) in [5, 5.41) is 16.1. The fourth-order valence-corrected chi connectivity index (χ4v) is 2.55. The van der Waals surface area contributed by atoms with Crippen LogP contribution in [0.2, 0.25) is 5.02 Å². The smallest absolute Gasteiger partial charge is 0.329 e. The van der Waals surface area contributed by atoms with Gasteiger partial charge in [-0.2, -0.15) is 0 Å². The van der Waals surface area contributed by atoms with Gasteiger partial charge in [-0.3, -0.25) is 19.7 Å². The fraction of sp³-hybridized carbons (Fsp3) is 0.500. The minimum atomic E-state index is -1.03. The van der Waals surface area contributed by atoms with Crippen molar-refractivity contribution in [3.8, 4) is 0 Å². The molecule has 2 N–H and O–H groups in total. The van der Waals surface area contributed by atoms with Gasteiger partial charge in [0.1, 0.15) is 11.1 Å². The maximum Gasteiger partial charge on any atom is 0.329 e. The van der Waals surface area contributed by atoms with Gasteiger partial charge < -0.3 is 15.4 Å². The molecule has 1 aromatic carbocycles. The van der Waals surface area contributed by atoms with Crippen LogP contribution in [0.4, 0.5) is 5.69 Å². The summed E-state index contributed by atoms with van der Waals surface area (Å²) in [5.41, 5.74) is -0.433. The summed E-state index contributed by atoms with van der Waals surface area (Å²) >= 11 is 5.74. The lowest BCUT2D eigenvalue weighted by atomic mass is 10.0. The molecule has 1 fully saturated rings. The molecule has 0 saturated heterocycles. The second-order valence-corrected chi connectivity index (χ2v) is 7.39. The number of halogens is 1. The van der Waals surface area contributed by atoms with Gasteiger partial charge in [0.05, 0.1) is 4.92 Å². The Morgan fingerprint density at radius 2 is 1.89 bits per heavy atom. The van der Waals surface area contributed by atoms with E-state index in [2.05, 4.69) is 10.6 Å². The predicted octanol–water partition coefficient (Wildman–Crippen LogP) is 2.21. The molecule has 9 nitrogen and oxygen atoms in total. The van der Waals surface area contributed by atoms with Crippen molar-refractivity contribution in [2.45, 2.75) is 51.8 Å². The van der Waals surface area contributed by atoms with Gasteiger partial charge in [0.15, 0.2) is 6.10 Å². The summed E-state index contributed by atoms with van der Waals surface area (Å²) in [5.74, 6) is -2.17. The molecule has 0 radical (unpaired) electrons. The topological polar surface area (TPSA) is 128 Å². The van der Waals surface area contributed by atoms with Crippen molar-refractivity contribution in [2.24, 2.45) is 5.92 Å². The van der Waals surface area contributed by atoms with Crippen molar-refractivity contribution in [1.82, 2.24) is 10.6 Å². The number of carbonyl (C=O) groups excluding carboxylic acids is 3. The second kappa shape index (κ2) is 9.01. The number of nitrogens with zero attached hydrogens (tertiary/aromatic N) is 1. The molecule has 0 spiro atoms. The van der Waals surface area contributed by atoms with Crippen LogP contribution in [0.1, 0.15) is 44.0 Å². The van der Waals surface area contributed by atoms with Gasteiger partial charge in [-0.1, -0.05) is 25.4 Å². The number of nitrogens with one attached hydrogen (secondary N) is 2. The molecule has 1 aliphatic carbocycles. The maximum absolute atomic E-state index is 12.5. The fourth-order valence-electron chi connectivity index (χ4n) is 2.36. The molecular weight excluding hydrogens is 390 g/mol. The average molecular weight is 412 g/mol. The van der Waals surface area contributed by atoms with Gasteiger partial charge in [-0.15, -0.1) is 0 Å². The van der Waals surface area contributed by atoms with E-state index < -0.39 is 40.5 Å². The van der Waals surface area contributed by atoms with E-state index in [9.17, 15) is 24.5 Å². The van der Waals surface area contributed by atoms with Crippen molar-refractivity contribution in [2.75, 3.05) is 0 Å². The first-order valence-electron chi connectivity index (χ1n) is 8.85. The first kappa shape index (κ1) is 21.6. The molecule has 28 heavy (non-hydrogen) atoms. The third-order valence-electron chi connectivity index (χ3n) is 4.20. The summed E-state index contributed by atoms with van der Waals surface area (Å²) in [7, 11) is 0. The SMILES string of the molecule is CC(C)[C@H](NC(=O)c1ccc(Cl)c([N+](=O)[O-])c1)C(=O)O[C@@H](C)C(=O)NC1CC1. The number of nitro groups is 1. The number of hydrogen-bond donors (Lipinski definition) is 2. The molecule has 0 unspecified atom stereocenters. The molecule has 1 aromatic rings. The Labute approximate surface area is 166 Å². The molecule has 2 atom stereocenters. The number of hydrogen-bond acceptors (Lipinski definition) is 6. The zero-order chi connectivity index (χ0) is 21.0. The van der Waals surface area contributed by atoms with E-state index in [-0.39, 0.29) is 22.5 Å². The van der Waals surface area contributed by atoms with Gasteiger partial charge in [0.2, 0.25) is 0 Å². The highest BCUT2D eigenvalue weighted by molar-refractivity contribution is 6.32. The average Bonchev–Trinajstić information content (AvgIpc) is 3.42. The van der Waals surface area contributed by atoms with Crippen LogP contribution in [0.25, 0.3) is 0 Å². The van der Waals surface area contributed by atoms with E-state index in [0.717, 1.165) is 18.9 Å². The van der Waals surface area contributed by atoms with E-state index in [4.69, 9.17) is 16.3 Å². The number of nitro benzene ring substituents is 1. The van der Waals surface area contributed by atoms with Crippen LogP contribution >= 0.6 is 11.6 Å². The van der Waals surface area contributed by atoms with Gasteiger partial charge in [0.25, 0.3) is 17.5 Å². The zero-order valence-electron chi connectivity index (χ0n) is 15.7. The van der Waals surface area contributed by atoms with Crippen LogP contribution < -0.4 is 10.6 Å². The zero-order valence-corrected chi connectivity index (χ0v) is 16.5. The summed E-state index contributed by atoms with van der Waals surface area (Å²) in [6.45, 7) is 4.86. The van der Waals surface area contributed by atoms with Crippen LogP contribution in [0.15, 0.2) is 18.2 Å². The van der Waals surface area contributed by atoms with Gasteiger partial charge >= 0.3 is 5.97 Å². The molecule has 0 heterocycles. The third kappa shape index (κ3) is 5.66. The van der Waals surface area contributed by atoms with Crippen LogP contribution in [0, 0.1) is 16.0 Å².